The fourth-order valence-corrected chi connectivity index (χ4v) is 2.99. The molecule has 24 heavy (non-hydrogen) atoms. The summed E-state index contributed by atoms with van der Waals surface area (Å²) in [5.41, 5.74) is -0.381. The van der Waals surface area contributed by atoms with Gasteiger partial charge in [-0.15, -0.1) is 0 Å². The second-order valence-electron chi connectivity index (χ2n) is 6.04. The number of hydrogen-bond donors (Lipinski definition) is 0. The topological polar surface area (TPSA) is 97.6 Å². The molecule has 1 aromatic carbocycles. The molecule has 0 aromatic heterocycles. The van der Waals surface area contributed by atoms with Crippen LogP contribution in [0.4, 0.5) is 5.69 Å². The van der Waals surface area contributed by atoms with Crippen molar-refractivity contribution in [1.29, 1.82) is 0 Å². The fraction of sp³-hybridized carbons (Fsp3) is 0.562. The Hall–Kier alpha value is -1.96. The van der Waals surface area contributed by atoms with Crippen LogP contribution in [0.3, 0.4) is 0 Å². The van der Waals surface area contributed by atoms with E-state index in [1.807, 2.05) is 13.8 Å². The normalized spacial score (nSPS) is 11.5. The lowest BCUT2D eigenvalue weighted by molar-refractivity contribution is -0.385. The van der Waals surface area contributed by atoms with Crippen molar-refractivity contribution < 1.29 is 18.1 Å². The maximum absolute atomic E-state index is 12.7. The van der Waals surface area contributed by atoms with Crippen molar-refractivity contribution in [3.8, 4) is 0 Å². The second-order valence-corrected chi connectivity index (χ2v) is 8.06. The van der Waals surface area contributed by atoms with Gasteiger partial charge >= 0.3 is 0 Å². The maximum atomic E-state index is 12.7. The van der Waals surface area contributed by atoms with E-state index in [2.05, 4.69) is 6.92 Å². The highest BCUT2D eigenvalue weighted by Gasteiger charge is 2.23. The highest BCUT2D eigenvalue weighted by molar-refractivity contribution is 7.90. The summed E-state index contributed by atoms with van der Waals surface area (Å²) < 4.78 is 23.5. The van der Waals surface area contributed by atoms with Gasteiger partial charge < -0.3 is 4.90 Å². The smallest absolute Gasteiger partial charge is 0.271 e. The molecule has 0 bridgehead atoms. The summed E-state index contributed by atoms with van der Waals surface area (Å²) in [6, 6.07) is 3.23. The molecule has 0 radical (unpaired) electrons. The van der Waals surface area contributed by atoms with Crippen LogP contribution in [0.5, 0.6) is 0 Å². The Labute approximate surface area is 142 Å². The molecule has 0 heterocycles. The van der Waals surface area contributed by atoms with Gasteiger partial charge in [-0.05, 0) is 26.3 Å². The lowest BCUT2D eigenvalue weighted by Gasteiger charge is -2.27. The summed E-state index contributed by atoms with van der Waals surface area (Å²) in [5.74, 6) is -0.394. The summed E-state index contributed by atoms with van der Waals surface area (Å²) in [6.07, 6.45) is 3.77. The van der Waals surface area contributed by atoms with Crippen LogP contribution in [0.25, 0.3) is 0 Å². The number of nitro groups is 1. The van der Waals surface area contributed by atoms with Gasteiger partial charge in [0.15, 0.2) is 9.84 Å². The van der Waals surface area contributed by atoms with Gasteiger partial charge in [0.05, 0.1) is 9.82 Å². The van der Waals surface area contributed by atoms with E-state index < -0.39 is 26.4 Å². The number of nitro benzene ring substituents is 1. The van der Waals surface area contributed by atoms with Gasteiger partial charge in [-0.25, -0.2) is 8.42 Å². The van der Waals surface area contributed by atoms with Gasteiger partial charge in [0.2, 0.25) is 0 Å². The largest absolute Gasteiger partial charge is 0.336 e. The number of rotatable bonds is 8. The molecule has 7 nitrogen and oxygen atoms in total. The van der Waals surface area contributed by atoms with Gasteiger partial charge in [-0.1, -0.05) is 19.8 Å². The number of carbonyl (C=O) groups is 1. The quantitative estimate of drug-likeness (QED) is 0.405. The number of non-ortho nitro benzene ring substituents is 1. The van der Waals surface area contributed by atoms with Crippen molar-refractivity contribution in [2.75, 3.05) is 12.8 Å². The molecule has 0 aliphatic heterocycles. The highest BCUT2D eigenvalue weighted by atomic mass is 32.2. The Kier molecular flexibility index (Phi) is 6.89. The molecule has 0 N–H and O–H groups in total. The zero-order valence-corrected chi connectivity index (χ0v) is 15.3. The third kappa shape index (κ3) is 5.30. The molecule has 1 amide bonds. The van der Waals surface area contributed by atoms with E-state index in [1.165, 1.54) is 6.07 Å². The van der Waals surface area contributed by atoms with Gasteiger partial charge in [0.1, 0.15) is 0 Å². The van der Waals surface area contributed by atoms with Crippen LogP contribution in [-0.2, 0) is 9.84 Å². The van der Waals surface area contributed by atoms with Gasteiger partial charge in [-0.3, -0.25) is 14.9 Å². The second kappa shape index (κ2) is 8.23. The van der Waals surface area contributed by atoms with Crippen LogP contribution in [0.15, 0.2) is 23.1 Å². The Morgan fingerprint density at radius 1 is 1.25 bits per heavy atom. The van der Waals surface area contributed by atoms with Crippen molar-refractivity contribution in [2.45, 2.75) is 51.0 Å². The first-order chi connectivity index (χ1) is 11.1. The van der Waals surface area contributed by atoms with Crippen LogP contribution in [0, 0.1) is 10.1 Å². The van der Waals surface area contributed by atoms with Crippen LogP contribution in [-0.4, -0.2) is 43.0 Å². The van der Waals surface area contributed by atoms with Crippen molar-refractivity contribution in [2.24, 2.45) is 0 Å². The molecule has 0 spiro atoms. The first-order valence-electron chi connectivity index (χ1n) is 7.88. The first kappa shape index (κ1) is 20.1. The molecule has 1 aromatic rings. The molecular weight excluding hydrogens is 332 g/mol. The number of hydrogen-bond acceptors (Lipinski definition) is 5. The molecule has 0 atom stereocenters. The minimum atomic E-state index is -3.66. The first-order valence-corrected chi connectivity index (χ1v) is 9.77. The van der Waals surface area contributed by atoms with Crippen molar-refractivity contribution in [3.05, 3.63) is 33.9 Å². The van der Waals surface area contributed by atoms with Gasteiger partial charge in [0.25, 0.3) is 11.6 Å². The Balaban J connectivity index is 3.28. The van der Waals surface area contributed by atoms with Crippen LogP contribution in [0.2, 0.25) is 0 Å². The van der Waals surface area contributed by atoms with Crippen LogP contribution in [0.1, 0.15) is 50.4 Å². The van der Waals surface area contributed by atoms with Gasteiger partial charge in [0, 0.05) is 36.5 Å². The molecule has 0 saturated heterocycles. The molecule has 8 heteroatoms. The molecule has 0 saturated carbocycles. The van der Waals surface area contributed by atoms with E-state index in [0.29, 0.717) is 6.54 Å². The molecule has 0 unspecified atom stereocenters. The fourth-order valence-electron chi connectivity index (χ4n) is 2.32. The lowest BCUT2D eigenvalue weighted by atomic mass is 10.1. The average molecular weight is 356 g/mol. The Bertz CT molecular complexity index is 713. The van der Waals surface area contributed by atoms with Crippen molar-refractivity contribution in [1.82, 2.24) is 4.90 Å². The maximum Gasteiger partial charge on any atom is 0.271 e. The lowest BCUT2D eigenvalue weighted by Crippen LogP contribution is -2.37. The van der Waals surface area contributed by atoms with Crippen molar-refractivity contribution >= 4 is 21.4 Å². The van der Waals surface area contributed by atoms with Crippen LogP contribution >= 0.6 is 0 Å². The minimum absolute atomic E-state index is 0.0230. The monoisotopic (exact) mass is 356 g/mol. The number of sulfone groups is 1. The van der Waals surface area contributed by atoms with E-state index in [1.54, 1.807) is 4.90 Å². The van der Waals surface area contributed by atoms with E-state index >= 15 is 0 Å². The van der Waals surface area contributed by atoms with Crippen molar-refractivity contribution in [3.63, 3.8) is 0 Å². The third-order valence-corrected chi connectivity index (χ3v) is 4.76. The molecule has 134 valence electrons. The van der Waals surface area contributed by atoms with Gasteiger partial charge in [-0.2, -0.15) is 0 Å². The Morgan fingerprint density at radius 2 is 1.88 bits per heavy atom. The SMILES string of the molecule is CCCCCN(C(=O)c1cc([N+](=O)[O-])cc(S(C)(=O)=O)c1)C(C)C. The predicted octanol–water partition coefficient (Wildman–Crippen LogP) is 3.04. The third-order valence-electron chi connectivity index (χ3n) is 3.66. The van der Waals surface area contributed by atoms with E-state index in [4.69, 9.17) is 0 Å². The number of unbranched alkanes of at least 4 members (excludes halogenated alkanes) is 2. The van der Waals surface area contributed by atoms with E-state index in [0.717, 1.165) is 37.7 Å². The number of amides is 1. The van der Waals surface area contributed by atoms with Crippen LogP contribution < -0.4 is 0 Å². The summed E-state index contributed by atoms with van der Waals surface area (Å²) in [5, 5.41) is 11.1. The molecule has 0 fully saturated rings. The Morgan fingerprint density at radius 3 is 2.33 bits per heavy atom. The standard InChI is InChI=1S/C16H24N2O5S/c1-5-6-7-8-17(12(2)3)16(19)13-9-14(18(20)21)11-15(10-13)24(4,22)23/h9-12H,5-8H2,1-4H3. The summed E-state index contributed by atoms with van der Waals surface area (Å²) >= 11 is 0. The predicted molar refractivity (Wildman–Crippen MR) is 91.9 cm³/mol. The number of carbonyl (C=O) groups excluding carboxylic acids is 1. The molecule has 0 aliphatic carbocycles. The summed E-state index contributed by atoms with van der Waals surface area (Å²) in [7, 11) is -3.66. The molecular formula is C16H24N2O5S. The number of benzene rings is 1. The average Bonchev–Trinajstić information content (AvgIpc) is 2.49. The summed E-state index contributed by atoms with van der Waals surface area (Å²) in [4.78, 5) is 24.5. The summed E-state index contributed by atoms with van der Waals surface area (Å²) in [6.45, 7) is 6.30. The minimum Gasteiger partial charge on any atom is -0.336 e. The van der Waals surface area contributed by atoms with E-state index in [9.17, 15) is 23.3 Å². The zero-order valence-electron chi connectivity index (χ0n) is 14.5. The number of nitrogens with zero attached hydrogens (tertiary/aromatic N) is 2. The van der Waals surface area contributed by atoms with E-state index in [-0.39, 0.29) is 16.5 Å². The zero-order chi connectivity index (χ0) is 18.5. The molecule has 1 rings (SSSR count). The molecule has 0 aliphatic rings. The highest BCUT2D eigenvalue weighted by Crippen LogP contribution is 2.22.